The zero-order valence-corrected chi connectivity index (χ0v) is 26.8. The number of carboxylic acid groups (broad SMARTS) is 1. The molecule has 0 heterocycles. The van der Waals surface area contributed by atoms with E-state index in [4.69, 9.17) is 29.8 Å². The van der Waals surface area contributed by atoms with Gasteiger partial charge in [-0.2, -0.15) is 0 Å². The molecule has 0 spiro atoms. The second-order valence-electron chi connectivity index (χ2n) is 8.84. The van der Waals surface area contributed by atoms with Crippen molar-refractivity contribution in [1.29, 1.82) is 0 Å². The Hall–Kier alpha value is -5.40. The summed E-state index contributed by atoms with van der Waals surface area (Å²) in [5.74, 6) is -1.59. The highest BCUT2D eigenvalue weighted by Gasteiger charge is 2.24. The normalized spacial score (nSPS) is 10.2. The highest BCUT2D eigenvalue weighted by molar-refractivity contribution is 5.97. The molecule has 50 heavy (non-hydrogen) atoms. The van der Waals surface area contributed by atoms with Crippen molar-refractivity contribution in [2.24, 2.45) is 0 Å². The number of rotatable bonds is 19. The number of carboxylic acids is 1. The fraction of sp³-hybridized carbons (Fsp3) is 0.351. The molecular formula is C37H56N2O11. The number of nitrogens with one attached hydrogen (secondary N) is 1. The lowest BCUT2D eigenvalue weighted by Crippen LogP contribution is -2.33. The standard InChI is InChI=1S/C17H21NO5.C9H11NO.C8H12O5.3CH4/c1-4-10-22-14-9-7-6-8-13(14)18-17(20)15(23-11-5-2)12-16(19)21-3;1-2-7-11-9-6-4-3-5-8(9)10;1-3-4-13-6(8(10)11)5-7(9)12-2;;;/h4-9,15H,1-2,10-12H2,3H3,(H,18,20);2-6H,1,7,10H2;3,6H,1,4-5H2,2H3,(H,10,11);3*1H4. The van der Waals surface area contributed by atoms with Crippen molar-refractivity contribution in [3.63, 3.8) is 0 Å². The SMILES string of the molecule is C.C.C.C=CCOC(CC(=O)OC)C(=O)O.C=CCOc1ccccc1N.C=CCOc1ccccc1NC(=O)C(CC(=O)OC)OCC=C. The van der Waals surface area contributed by atoms with E-state index in [9.17, 15) is 19.2 Å². The monoisotopic (exact) mass is 704 g/mol. The second kappa shape index (κ2) is 32.2. The predicted octanol–water partition coefficient (Wildman–Crippen LogP) is 6.27. The molecule has 2 atom stereocenters. The number of aliphatic carboxylic acids is 1. The third kappa shape index (κ3) is 23.0. The Morgan fingerprint density at radius 3 is 1.58 bits per heavy atom. The molecule has 280 valence electrons. The number of hydrogen-bond donors (Lipinski definition) is 3. The topological polar surface area (TPSA) is 182 Å². The van der Waals surface area contributed by atoms with E-state index < -0.39 is 36.0 Å². The lowest BCUT2D eigenvalue weighted by Gasteiger charge is -2.17. The maximum Gasteiger partial charge on any atom is 0.333 e. The van der Waals surface area contributed by atoms with E-state index in [0.717, 1.165) is 0 Å². The maximum atomic E-state index is 12.3. The van der Waals surface area contributed by atoms with E-state index in [0.29, 0.717) is 36.1 Å². The largest absolute Gasteiger partial charge is 0.487 e. The summed E-state index contributed by atoms with van der Waals surface area (Å²) in [6.45, 7) is 15.0. The summed E-state index contributed by atoms with van der Waals surface area (Å²) in [5.41, 5.74) is 6.75. The number of benzene rings is 2. The van der Waals surface area contributed by atoms with Gasteiger partial charge in [0.25, 0.3) is 5.91 Å². The molecular weight excluding hydrogens is 648 g/mol. The molecule has 4 N–H and O–H groups in total. The Balaban J connectivity index is -0.000000335. The number of hydrogen-bond acceptors (Lipinski definition) is 11. The Morgan fingerprint density at radius 2 is 1.12 bits per heavy atom. The molecule has 0 fully saturated rings. The van der Waals surface area contributed by atoms with Gasteiger partial charge >= 0.3 is 17.9 Å². The molecule has 2 aromatic rings. The van der Waals surface area contributed by atoms with Crippen molar-refractivity contribution in [2.75, 3.05) is 51.7 Å². The van der Waals surface area contributed by atoms with Crippen LogP contribution in [0.15, 0.2) is 99.2 Å². The van der Waals surface area contributed by atoms with Crippen LogP contribution in [0.25, 0.3) is 0 Å². The first-order chi connectivity index (χ1) is 22.6. The van der Waals surface area contributed by atoms with Crippen molar-refractivity contribution in [2.45, 2.75) is 47.3 Å². The number of amides is 1. The molecule has 2 unspecified atom stereocenters. The van der Waals surface area contributed by atoms with Crippen molar-refractivity contribution >= 4 is 35.2 Å². The molecule has 13 heteroatoms. The quantitative estimate of drug-likeness (QED) is 0.0848. The highest BCUT2D eigenvalue weighted by atomic mass is 16.5. The van der Waals surface area contributed by atoms with E-state index >= 15 is 0 Å². The molecule has 0 aliphatic rings. The van der Waals surface area contributed by atoms with Gasteiger partial charge in [-0.1, -0.05) is 84.0 Å². The molecule has 0 aromatic heterocycles. The smallest absolute Gasteiger partial charge is 0.333 e. The summed E-state index contributed by atoms with van der Waals surface area (Å²) >= 11 is 0. The van der Waals surface area contributed by atoms with Crippen LogP contribution in [0.5, 0.6) is 11.5 Å². The number of methoxy groups -OCH3 is 2. The summed E-state index contributed by atoms with van der Waals surface area (Å²) < 4.78 is 29.7. The number of para-hydroxylation sites is 4. The van der Waals surface area contributed by atoms with Crippen molar-refractivity contribution < 1.29 is 52.7 Å². The van der Waals surface area contributed by atoms with Gasteiger partial charge < -0.3 is 44.6 Å². The number of ether oxygens (including phenoxy) is 6. The summed E-state index contributed by atoms with van der Waals surface area (Å²) in [5, 5.41) is 11.3. The molecule has 1 amide bonds. The number of carbonyl (C=O) groups excluding carboxylic acids is 3. The van der Waals surface area contributed by atoms with Gasteiger partial charge in [0.1, 0.15) is 30.8 Å². The van der Waals surface area contributed by atoms with Gasteiger partial charge in [0.2, 0.25) is 0 Å². The highest BCUT2D eigenvalue weighted by Crippen LogP contribution is 2.24. The van der Waals surface area contributed by atoms with Gasteiger partial charge in [0.05, 0.1) is 51.6 Å². The lowest BCUT2D eigenvalue weighted by atomic mass is 10.2. The van der Waals surface area contributed by atoms with Crippen LogP contribution in [0.2, 0.25) is 0 Å². The Morgan fingerprint density at radius 1 is 0.700 bits per heavy atom. The first-order valence-corrected chi connectivity index (χ1v) is 14.1. The minimum absolute atomic E-state index is 0. The molecule has 0 radical (unpaired) electrons. The zero-order chi connectivity index (χ0) is 35.5. The first-order valence-electron chi connectivity index (χ1n) is 14.1. The first kappa shape index (κ1) is 51.4. The van der Waals surface area contributed by atoms with Crippen LogP contribution in [-0.2, 0) is 38.1 Å². The van der Waals surface area contributed by atoms with Crippen LogP contribution in [0.3, 0.4) is 0 Å². The third-order valence-corrected chi connectivity index (χ3v) is 5.34. The Bertz CT molecular complexity index is 1300. The Kier molecular flexibility index (Phi) is 33.1. The second-order valence-corrected chi connectivity index (χ2v) is 8.84. The van der Waals surface area contributed by atoms with E-state index in [2.05, 4.69) is 41.1 Å². The zero-order valence-electron chi connectivity index (χ0n) is 26.8. The number of anilines is 2. The van der Waals surface area contributed by atoms with E-state index in [1.54, 1.807) is 42.5 Å². The van der Waals surface area contributed by atoms with Gasteiger partial charge in [0, 0.05) is 0 Å². The third-order valence-electron chi connectivity index (χ3n) is 5.34. The lowest BCUT2D eigenvalue weighted by molar-refractivity contribution is -0.157. The average Bonchev–Trinajstić information content (AvgIpc) is 3.07. The average molecular weight is 705 g/mol. The van der Waals surface area contributed by atoms with Crippen LogP contribution in [0, 0.1) is 0 Å². The molecule has 0 bridgehead atoms. The van der Waals surface area contributed by atoms with Crippen LogP contribution in [0.4, 0.5) is 11.4 Å². The van der Waals surface area contributed by atoms with E-state index in [1.165, 1.54) is 26.4 Å². The van der Waals surface area contributed by atoms with Gasteiger partial charge in [-0.3, -0.25) is 14.4 Å². The number of nitrogens with two attached hydrogens (primary N) is 1. The van der Waals surface area contributed by atoms with Gasteiger partial charge in [-0.25, -0.2) is 4.79 Å². The van der Waals surface area contributed by atoms with Crippen molar-refractivity contribution in [3.8, 4) is 11.5 Å². The minimum atomic E-state index is -1.19. The molecule has 2 aromatic carbocycles. The number of carbonyl (C=O) groups is 4. The van der Waals surface area contributed by atoms with Crippen LogP contribution in [-0.4, -0.2) is 81.8 Å². The van der Waals surface area contributed by atoms with Crippen LogP contribution in [0.1, 0.15) is 35.1 Å². The van der Waals surface area contributed by atoms with Gasteiger partial charge in [-0.15, -0.1) is 13.2 Å². The Labute approximate surface area is 297 Å². The molecule has 0 saturated carbocycles. The fourth-order valence-corrected chi connectivity index (χ4v) is 3.10. The summed E-state index contributed by atoms with van der Waals surface area (Å²) in [4.78, 5) is 44.9. The summed E-state index contributed by atoms with van der Waals surface area (Å²) in [6.07, 6.45) is 3.58. The molecule has 0 aliphatic carbocycles. The molecule has 2 rings (SSSR count). The van der Waals surface area contributed by atoms with E-state index in [1.807, 2.05) is 18.2 Å². The van der Waals surface area contributed by atoms with Gasteiger partial charge in [0.15, 0.2) is 6.10 Å². The van der Waals surface area contributed by atoms with E-state index in [-0.39, 0.29) is 48.3 Å². The summed E-state index contributed by atoms with van der Waals surface area (Å²) in [7, 11) is 2.44. The van der Waals surface area contributed by atoms with Crippen LogP contribution >= 0.6 is 0 Å². The predicted molar refractivity (Wildman–Crippen MR) is 198 cm³/mol. The number of nitrogen functional groups attached to an aromatic ring is 1. The molecule has 13 nitrogen and oxygen atoms in total. The molecule has 0 aliphatic heterocycles. The van der Waals surface area contributed by atoms with Crippen LogP contribution < -0.4 is 20.5 Å². The fourth-order valence-electron chi connectivity index (χ4n) is 3.10. The van der Waals surface area contributed by atoms with Crippen molar-refractivity contribution in [3.05, 3.63) is 99.2 Å². The minimum Gasteiger partial charge on any atom is -0.487 e. The van der Waals surface area contributed by atoms with Crippen molar-refractivity contribution in [1.82, 2.24) is 0 Å². The van der Waals surface area contributed by atoms with Gasteiger partial charge in [-0.05, 0) is 24.3 Å². The summed E-state index contributed by atoms with van der Waals surface area (Å²) in [6, 6.07) is 14.4. The maximum absolute atomic E-state index is 12.3. The molecule has 0 saturated heterocycles. The number of esters is 2.